The van der Waals surface area contributed by atoms with Crippen molar-refractivity contribution in [3.8, 4) is 11.5 Å². The van der Waals surface area contributed by atoms with Gasteiger partial charge in [0, 0.05) is 11.1 Å². The summed E-state index contributed by atoms with van der Waals surface area (Å²) in [6, 6.07) is 13.9. The normalized spacial score (nSPS) is 11.9. The fourth-order valence-corrected chi connectivity index (χ4v) is 1.89. The summed E-state index contributed by atoms with van der Waals surface area (Å²) in [5.41, 5.74) is 1.44. The molecule has 1 heterocycles. The van der Waals surface area contributed by atoms with E-state index in [2.05, 4.69) is 0 Å². The number of para-hydroxylation sites is 2. The zero-order valence-electron chi connectivity index (χ0n) is 11.2. The molecule has 0 spiro atoms. The molecule has 5 heteroatoms. The summed E-state index contributed by atoms with van der Waals surface area (Å²) < 4.78 is 4.87. The Morgan fingerprint density at radius 2 is 1.76 bits per heavy atom. The number of carbonyl (C=O) groups is 2. The van der Waals surface area contributed by atoms with E-state index < -0.39 is 5.97 Å². The summed E-state index contributed by atoms with van der Waals surface area (Å²) in [6.45, 7) is 0. The summed E-state index contributed by atoms with van der Waals surface area (Å²) in [4.78, 5) is 20.9. The van der Waals surface area contributed by atoms with Crippen LogP contribution in [0.3, 0.4) is 0 Å². The molecule has 0 unspecified atom stereocenters. The Labute approximate surface area is 121 Å². The average molecular weight is 286 g/mol. The Hall–Kier alpha value is -2.82. The van der Waals surface area contributed by atoms with Gasteiger partial charge in [0.25, 0.3) is 0 Å². The molecule has 0 fully saturated rings. The minimum absolute atomic E-state index is 0.0369. The summed E-state index contributed by atoms with van der Waals surface area (Å²) in [6.07, 6.45) is 0.294. The van der Waals surface area contributed by atoms with Crippen LogP contribution >= 0.6 is 0 Å². The molecular formula is C16H14O5. The molecule has 0 atom stereocenters. The van der Waals surface area contributed by atoms with Crippen molar-refractivity contribution in [3.05, 3.63) is 59.7 Å². The third kappa shape index (κ3) is 4.07. The Kier molecular flexibility index (Phi) is 4.56. The van der Waals surface area contributed by atoms with Crippen LogP contribution in [0.15, 0.2) is 48.5 Å². The smallest absolute Gasteiger partial charge is 0.315 e. The quantitative estimate of drug-likeness (QED) is 0.653. The molecule has 2 aromatic rings. The zero-order valence-corrected chi connectivity index (χ0v) is 11.2. The number of carboxylic acid groups (broad SMARTS) is 1. The Morgan fingerprint density at radius 1 is 1.10 bits per heavy atom. The van der Waals surface area contributed by atoms with Gasteiger partial charge >= 0.3 is 11.9 Å². The van der Waals surface area contributed by atoms with Crippen molar-refractivity contribution in [2.24, 2.45) is 0 Å². The highest BCUT2D eigenvalue weighted by Gasteiger charge is 2.18. The highest BCUT2D eigenvalue weighted by molar-refractivity contribution is 5.80. The molecule has 108 valence electrons. The number of fused-ring (bicyclic) bond motifs is 1. The van der Waals surface area contributed by atoms with Crippen LogP contribution in [0.2, 0.25) is 0 Å². The van der Waals surface area contributed by atoms with Gasteiger partial charge in [-0.3, -0.25) is 9.59 Å². The number of carbonyl (C=O) groups excluding carboxylic acids is 1. The predicted octanol–water partition coefficient (Wildman–Crippen LogP) is 2.17. The molecule has 0 saturated heterocycles. The lowest BCUT2D eigenvalue weighted by Crippen LogP contribution is -1.99. The van der Waals surface area contributed by atoms with Crippen LogP contribution in [0.4, 0.5) is 0 Å². The van der Waals surface area contributed by atoms with Crippen molar-refractivity contribution in [2.75, 3.05) is 0 Å². The highest BCUT2D eigenvalue weighted by atomic mass is 16.5. The van der Waals surface area contributed by atoms with E-state index in [1.165, 1.54) is 6.07 Å². The molecule has 0 amide bonds. The lowest BCUT2D eigenvalue weighted by molar-refractivity contribution is -0.136. The molecule has 1 aliphatic rings. The van der Waals surface area contributed by atoms with E-state index in [1.807, 2.05) is 18.2 Å². The van der Waals surface area contributed by atoms with E-state index in [1.54, 1.807) is 24.3 Å². The molecule has 0 bridgehead atoms. The summed E-state index contributed by atoms with van der Waals surface area (Å²) >= 11 is 0. The summed E-state index contributed by atoms with van der Waals surface area (Å²) in [5.74, 6) is -0.338. The van der Waals surface area contributed by atoms with Gasteiger partial charge in [-0.1, -0.05) is 36.4 Å². The SMILES string of the molecule is O=C(O)Cc1ccccc1O.O=C1Cc2ccccc2O1. The van der Waals surface area contributed by atoms with Gasteiger partial charge in [-0.2, -0.15) is 0 Å². The van der Waals surface area contributed by atoms with Gasteiger partial charge < -0.3 is 14.9 Å². The topological polar surface area (TPSA) is 83.8 Å². The molecule has 0 saturated carbocycles. The molecule has 2 N–H and O–H groups in total. The van der Waals surface area contributed by atoms with Crippen molar-refractivity contribution in [3.63, 3.8) is 0 Å². The van der Waals surface area contributed by atoms with Gasteiger partial charge in [-0.05, 0) is 12.1 Å². The van der Waals surface area contributed by atoms with Gasteiger partial charge in [-0.15, -0.1) is 0 Å². The van der Waals surface area contributed by atoms with E-state index in [4.69, 9.17) is 14.9 Å². The maximum absolute atomic E-state index is 10.7. The van der Waals surface area contributed by atoms with Crippen LogP contribution in [0, 0.1) is 0 Å². The monoisotopic (exact) mass is 286 g/mol. The minimum Gasteiger partial charge on any atom is -0.508 e. The number of benzene rings is 2. The summed E-state index contributed by atoms with van der Waals surface area (Å²) in [5, 5.41) is 17.5. The highest BCUT2D eigenvalue weighted by Crippen LogP contribution is 2.24. The molecule has 5 nitrogen and oxygen atoms in total. The second-order valence-electron chi connectivity index (χ2n) is 4.46. The van der Waals surface area contributed by atoms with Crippen LogP contribution in [-0.2, 0) is 22.4 Å². The van der Waals surface area contributed by atoms with E-state index in [-0.39, 0.29) is 18.1 Å². The van der Waals surface area contributed by atoms with Gasteiger partial charge in [-0.25, -0.2) is 0 Å². The molecule has 2 aromatic carbocycles. The molecule has 0 aromatic heterocycles. The number of esters is 1. The van der Waals surface area contributed by atoms with Crippen LogP contribution in [0.5, 0.6) is 11.5 Å². The molecule has 1 aliphatic heterocycles. The van der Waals surface area contributed by atoms with Gasteiger partial charge in [0.15, 0.2) is 0 Å². The van der Waals surface area contributed by atoms with Gasteiger partial charge in [0.2, 0.25) is 0 Å². The average Bonchev–Trinajstić information content (AvgIpc) is 2.81. The van der Waals surface area contributed by atoms with E-state index in [9.17, 15) is 9.59 Å². The largest absolute Gasteiger partial charge is 0.508 e. The first-order valence-electron chi connectivity index (χ1n) is 6.33. The number of aliphatic carboxylic acids is 1. The third-order valence-electron chi connectivity index (χ3n) is 2.86. The lowest BCUT2D eigenvalue weighted by Gasteiger charge is -1.98. The maximum atomic E-state index is 10.7. The number of hydrogen-bond acceptors (Lipinski definition) is 4. The van der Waals surface area contributed by atoms with E-state index >= 15 is 0 Å². The fourth-order valence-electron chi connectivity index (χ4n) is 1.89. The second-order valence-corrected chi connectivity index (χ2v) is 4.46. The standard InChI is InChI=1S/C8H8O3.C8H6O2/c9-7-4-2-1-3-6(7)5-8(10)11;9-8-5-6-3-1-2-4-7(6)10-8/h1-4,9H,5H2,(H,10,11);1-4H,5H2. The van der Waals surface area contributed by atoms with Crippen molar-refractivity contribution >= 4 is 11.9 Å². The third-order valence-corrected chi connectivity index (χ3v) is 2.86. The Bertz CT molecular complexity index is 636. The number of phenols is 1. The van der Waals surface area contributed by atoms with Gasteiger partial charge in [0.1, 0.15) is 11.5 Å². The summed E-state index contributed by atoms with van der Waals surface area (Å²) in [7, 11) is 0. The van der Waals surface area contributed by atoms with Crippen LogP contribution in [-0.4, -0.2) is 22.2 Å². The molecular weight excluding hydrogens is 272 g/mol. The van der Waals surface area contributed by atoms with Crippen molar-refractivity contribution in [1.29, 1.82) is 0 Å². The van der Waals surface area contributed by atoms with Crippen LogP contribution in [0.25, 0.3) is 0 Å². The fraction of sp³-hybridized carbons (Fsp3) is 0.125. The molecule has 3 rings (SSSR count). The second kappa shape index (κ2) is 6.56. The molecule has 21 heavy (non-hydrogen) atoms. The van der Waals surface area contributed by atoms with Crippen molar-refractivity contribution in [1.82, 2.24) is 0 Å². The first kappa shape index (κ1) is 14.6. The van der Waals surface area contributed by atoms with Gasteiger partial charge in [0.05, 0.1) is 12.8 Å². The van der Waals surface area contributed by atoms with Crippen LogP contribution < -0.4 is 4.74 Å². The first-order chi connectivity index (χ1) is 10.1. The molecule has 0 radical (unpaired) electrons. The van der Waals surface area contributed by atoms with Crippen molar-refractivity contribution < 1.29 is 24.5 Å². The number of aromatic hydroxyl groups is 1. The number of hydrogen-bond donors (Lipinski definition) is 2. The number of ether oxygens (including phenoxy) is 1. The van der Waals surface area contributed by atoms with E-state index in [0.29, 0.717) is 17.7 Å². The van der Waals surface area contributed by atoms with E-state index in [0.717, 1.165) is 5.56 Å². The number of phenolic OH excluding ortho intramolecular Hbond substituents is 1. The number of carboxylic acids is 1. The molecule has 0 aliphatic carbocycles. The minimum atomic E-state index is -0.938. The zero-order chi connectivity index (χ0) is 15.2. The van der Waals surface area contributed by atoms with Crippen LogP contribution in [0.1, 0.15) is 11.1 Å². The Morgan fingerprint density at radius 3 is 2.43 bits per heavy atom. The predicted molar refractivity (Wildman–Crippen MR) is 75.2 cm³/mol. The Balaban J connectivity index is 0.000000154. The lowest BCUT2D eigenvalue weighted by atomic mass is 10.1. The number of rotatable bonds is 2. The first-order valence-corrected chi connectivity index (χ1v) is 6.33. The van der Waals surface area contributed by atoms with Crippen molar-refractivity contribution in [2.45, 2.75) is 12.8 Å². The maximum Gasteiger partial charge on any atom is 0.315 e.